The molecule has 7 nitrogen and oxygen atoms in total. The van der Waals surface area contributed by atoms with E-state index in [2.05, 4.69) is 32.3 Å². The van der Waals surface area contributed by atoms with E-state index in [4.69, 9.17) is 11.5 Å². The highest BCUT2D eigenvalue weighted by molar-refractivity contribution is 6.03. The van der Waals surface area contributed by atoms with Crippen molar-refractivity contribution in [3.05, 3.63) is 84.2 Å². The second-order valence-electron chi connectivity index (χ2n) is 8.24. The average molecular weight is 439 g/mol. The first-order valence-electron chi connectivity index (χ1n) is 11.1. The van der Waals surface area contributed by atoms with E-state index in [1.54, 1.807) is 12.4 Å². The van der Waals surface area contributed by atoms with E-state index in [1.165, 1.54) is 0 Å². The van der Waals surface area contributed by atoms with Gasteiger partial charge in [-0.2, -0.15) is 0 Å². The van der Waals surface area contributed by atoms with Gasteiger partial charge in [-0.3, -0.25) is 9.78 Å². The van der Waals surface area contributed by atoms with E-state index in [1.807, 2.05) is 48.5 Å². The van der Waals surface area contributed by atoms with Crippen LogP contribution in [-0.4, -0.2) is 41.9 Å². The van der Waals surface area contributed by atoms with Gasteiger partial charge >= 0.3 is 0 Å². The van der Waals surface area contributed by atoms with Crippen LogP contribution in [0.15, 0.2) is 73.1 Å². The predicted octanol–water partition coefficient (Wildman–Crippen LogP) is 3.17. The van der Waals surface area contributed by atoms with Gasteiger partial charge in [0.15, 0.2) is 5.78 Å². The highest BCUT2D eigenvalue weighted by Crippen LogP contribution is 2.28. The van der Waals surface area contributed by atoms with Gasteiger partial charge < -0.3 is 21.7 Å². The molecule has 1 aliphatic heterocycles. The molecule has 33 heavy (non-hydrogen) atoms. The number of anilines is 2. The van der Waals surface area contributed by atoms with Crippen molar-refractivity contribution in [1.29, 1.82) is 0 Å². The first-order chi connectivity index (χ1) is 16.1. The second-order valence-corrected chi connectivity index (χ2v) is 8.24. The number of fused-ring (bicyclic) bond motifs is 1. The number of benzene rings is 2. The van der Waals surface area contributed by atoms with E-state index in [0.29, 0.717) is 11.1 Å². The fraction of sp³-hybridized carbons (Fsp3) is 0.192. The van der Waals surface area contributed by atoms with Gasteiger partial charge in [-0.15, -0.1) is 0 Å². The number of carbonyl (C=O) groups excluding carboxylic acids is 1. The molecule has 0 amide bonds. The molecule has 4 aromatic rings. The van der Waals surface area contributed by atoms with Crippen LogP contribution in [0, 0.1) is 0 Å². The Morgan fingerprint density at radius 2 is 1.73 bits per heavy atom. The summed E-state index contributed by atoms with van der Waals surface area (Å²) >= 11 is 0. The molecular formula is C26H26N6O. The molecule has 3 heterocycles. The number of carbonyl (C=O) groups is 1. The topological polar surface area (TPSA) is 110 Å². The van der Waals surface area contributed by atoms with Crippen molar-refractivity contribution < 1.29 is 4.79 Å². The Morgan fingerprint density at radius 1 is 0.939 bits per heavy atom. The zero-order valence-electron chi connectivity index (χ0n) is 18.2. The summed E-state index contributed by atoms with van der Waals surface area (Å²) in [5.74, 6) is 0.0132. The number of aromatic nitrogens is 2. The molecule has 2 aromatic carbocycles. The highest BCUT2D eigenvalue weighted by atomic mass is 16.1. The molecular weight excluding hydrogens is 412 g/mol. The van der Waals surface area contributed by atoms with Gasteiger partial charge in [0.25, 0.3) is 0 Å². The fourth-order valence-electron chi connectivity index (χ4n) is 4.22. The van der Waals surface area contributed by atoms with Crippen LogP contribution in [0.1, 0.15) is 22.0 Å². The largest absolute Gasteiger partial charge is 0.383 e. The molecule has 5 N–H and O–H groups in total. The molecule has 1 saturated heterocycles. The van der Waals surface area contributed by atoms with Crippen LogP contribution in [0.4, 0.5) is 11.5 Å². The summed E-state index contributed by atoms with van der Waals surface area (Å²) < 4.78 is 0. The first kappa shape index (κ1) is 21.1. The second kappa shape index (κ2) is 8.97. The minimum atomic E-state index is -0.930. The Balaban J connectivity index is 1.42. The lowest BCUT2D eigenvalue weighted by Gasteiger charge is -2.29. The maximum Gasteiger partial charge on any atom is 0.185 e. The van der Waals surface area contributed by atoms with Crippen molar-refractivity contribution in [3.8, 4) is 11.1 Å². The highest BCUT2D eigenvalue weighted by Gasteiger charge is 2.22. The lowest BCUT2D eigenvalue weighted by Crippen LogP contribution is -2.43. The summed E-state index contributed by atoms with van der Waals surface area (Å²) in [6.07, 6.45) is 3.29. The van der Waals surface area contributed by atoms with Crippen LogP contribution in [0.3, 0.4) is 0 Å². The Labute approximate surface area is 192 Å². The lowest BCUT2D eigenvalue weighted by molar-refractivity contribution is 0.0961. The normalized spacial score (nSPS) is 14.9. The molecule has 1 atom stereocenters. The fourth-order valence-corrected chi connectivity index (χ4v) is 4.22. The third-order valence-corrected chi connectivity index (χ3v) is 6.11. The summed E-state index contributed by atoms with van der Waals surface area (Å²) in [6, 6.07) is 18.7. The number of ketones is 1. The molecule has 1 unspecified atom stereocenters. The van der Waals surface area contributed by atoms with E-state index < -0.39 is 6.04 Å². The summed E-state index contributed by atoms with van der Waals surface area (Å²) in [7, 11) is 0. The van der Waals surface area contributed by atoms with E-state index in [9.17, 15) is 4.79 Å². The Bertz CT molecular complexity index is 1300. The quantitative estimate of drug-likeness (QED) is 0.411. The van der Waals surface area contributed by atoms with Gasteiger partial charge in [-0.25, -0.2) is 4.98 Å². The minimum Gasteiger partial charge on any atom is -0.383 e. The number of rotatable bonds is 5. The van der Waals surface area contributed by atoms with Gasteiger partial charge in [0, 0.05) is 66.3 Å². The first-order valence-corrected chi connectivity index (χ1v) is 11.1. The van der Waals surface area contributed by atoms with Crippen molar-refractivity contribution in [1.82, 2.24) is 15.3 Å². The predicted molar refractivity (Wildman–Crippen MR) is 132 cm³/mol. The van der Waals surface area contributed by atoms with Crippen LogP contribution in [0.2, 0.25) is 0 Å². The minimum absolute atomic E-state index is 0.241. The zero-order valence-corrected chi connectivity index (χ0v) is 18.2. The molecule has 166 valence electrons. The summed E-state index contributed by atoms with van der Waals surface area (Å²) in [5.41, 5.74) is 17.3. The van der Waals surface area contributed by atoms with Gasteiger partial charge in [-0.05, 0) is 29.8 Å². The number of nitrogens with zero attached hydrogens (tertiary/aromatic N) is 3. The zero-order chi connectivity index (χ0) is 22.8. The average Bonchev–Trinajstić information content (AvgIpc) is 2.88. The molecule has 0 radical (unpaired) electrons. The number of hydrogen-bond donors (Lipinski definition) is 3. The molecule has 0 spiro atoms. The molecule has 1 aliphatic rings. The third-order valence-electron chi connectivity index (χ3n) is 6.11. The molecule has 0 bridgehead atoms. The molecule has 5 rings (SSSR count). The van der Waals surface area contributed by atoms with Crippen LogP contribution >= 0.6 is 0 Å². The van der Waals surface area contributed by atoms with E-state index in [-0.39, 0.29) is 11.6 Å². The lowest BCUT2D eigenvalue weighted by atomic mass is 9.96. The van der Waals surface area contributed by atoms with Gasteiger partial charge in [0.2, 0.25) is 0 Å². The van der Waals surface area contributed by atoms with Crippen LogP contribution < -0.4 is 21.7 Å². The summed E-state index contributed by atoms with van der Waals surface area (Å²) in [5, 5.41) is 4.26. The number of nitrogens with one attached hydrogen (secondary N) is 1. The number of piperazine rings is 1. The number of nitrogen functional groups attached to an aromatic ring is 1. The maximum atomic E-state index is 13.2. The summed E-state index contributed by atoms with van der Waals surface area (Å²) in [4.78, 5) is 24.4. The monoisotopic (exact) mass is 438 g/mol. The molecule has 7 heteroatoms. The smallest absolute Gasteiger partial charge is 0.185 e. The SMILES string of the molecule is Nc1ncc(-c2ccccc2)cc1C(N)C(=O)c1cnc2cc(N3CCNCC3)ccc2c1. The van der Waals surface area contributed by atoms with Crippen LogP contribution in [-0.2, 0) is 0 Å². The van der Waals surface area contributed by atoms with Crippen LogP contribution in [0.5, 0.6) is 0 Å². The van der Waals surface area contributed by atoms with Crippen molar-refractivity contribution in [3.63, 3.8) is 0 Å². The van der Waals surface area contributed by atoms with E-state index >= 15 is 0 Å². The van der Waals surface area contributed by atoms with Crippen molar-refractivity contribution in [2.75, 3.05) is 36.8 Å². The number of hydrogen-bond acceptors (Lipinski definition) is 7. The standard InChI is InChI=1S/C26H26N6O/c27-24(22-13-19(15-31-26(22)28)17-4-2-1-3-5-17)25(33)20-12-18-6-7-21(14-23(18)30-16-20)32-10-8-29-9-11-32/h1-7,12-16,24,29H,8-11,27H2,(H2,28,31). The van der Waals surface area contributed by atoms with Gasteiger partial charge in [0.1, 0.15) is 5.82 Å². The molecule has 1 fully saturated rings. The van der Waals surface area contributed by atoms with Crippen molar-refractivity contribution >= 4 is 28.2 Å². The Hall–Kier alpha value is -3.81. The Kier molecular flexibility index (Phi) is 5.73. The number of pyridine rings is 2. The molecule has 0 aliphatic carbocycles. The van der Waals surface area contributed by atoms with Crippen LogP contribution in [0.25, 0.3) is 22.0 Å². The van der Waals surface area contributed by atoms with Crippen molar-refractivity contribution in [2.45, 2.75) is 6.04 Å². The third kappa shape index (κ3) is 4.28. The van der Waals surface area contributed by atoms with Crippen molar-refractivity contribution in [2.24, 2.45) is 5.73 Å². The summed E-state index contributed by atoms with van der Waals surface area (Å²) in [6.45, 7) is 3.88. The number of nitrogens with two attached hydrogens (primary N) is 2. The van der Waals surface area contributed by atoms with Gasteiger partial charge in [-0.1, -0.05) is 36.4 Å². The van der Waals surface area contributed by atoms with E-state index in [0.717, 1.165) is 53.9 Å². The maximum absolute atomic E-state index is 13.2. The Morgan fingerprint density at radius 3 is 2.52 bits per heavy atom. The number of Topliss-reactive ketones (excluding diaryl/α,β-unsaturated/α-hetero) is 1. The molecule has 0 saturated carbocycles. The van der Waals surface area contributed by atoms with Gasteiger partial charge in [0.05, 0.1) is 11.6 Å². The molecule has 2 aromatic heterocycles.